The largest absolute Gasteiger partial charge is 0.349 e. The Balaban J connectivity index is 1.81. The third kappa shape index (κ3) is 2.90. The van der Waals surface area contributed by atoms with E-state index in [2.05, 4.69) is 36.5 Å². The zero-order valence-corrected chi connectivity index (χ0v) is 14.5. The number of carbonyl (C=O) groups excluding carboxylic acids is 1. The standard InChI is InChI=1S/C16H24N4OS/c1-9(2)14-12-8-13(22-16(12)20(4)19-14)15(21)18-11-5-6-17-10(3)7-11/h8-11,17H,5-7H2,1-4H3,(H,18,21). The molecule has 2 atom stereocenters. The Labute approximate surface area is 135 Å². The van der Waals surface area contributed by atoms with Crippen LogP contribution in [0.1, 0.15) is 54.9 Å². The van der Waals surface area contributed by atoms with Gasteiger partial charge in [-0.15, -0.1) is 11.3 Å². The molecule has 1 amide bonds. The van der Waals surface area contributed by atoms with Gasteiger partial charge in [-0.2, -0.15) is 5.10 Å². The predicted octanol–water partition coefficient (Wildman–Crippen LogP) is 2.63. The molecule has 120 valence electrons. The number of aromatic nitrogens is 2. The normalized spacial score (nSPS) is 22.4. The third-order valence-corrected chi connectivity index (χ3v) is 5.47. The molecule has 2 aromatic rings. The van der Waals surface area contributed by atoms with Crippen LogP contribution < -0.4 is 10.6 Å². The lowest BCUT2D eigenvalue weighted by molar-refractivity contribution is 0.0930. The Hall–Kier alpha value is -1.40. The van der Waals surface area contributed by atoms with Crippen LogP contribution in [0, 0.1) is 0 Å². The van der Waals surface area contributed by atoms with Crippen LogP contribution in [-0.2, 0) is 7.05 Å². The number of thiophene rings is 1. The first-order valence-electron chi connectivity index (χ1n) is 7.96. The molecule has 22 heavy (non-hydrogen) atoms. The molecule has 0 spiro atoms. The molecule has 2 N–H and O–H groups in total. The van der Waals surface area contributed by atoms with Crippen molar-refractivity contribution in [3.8, 4) is 0 Å². The summed E-state index contributed by atoms with van der Waals surface area (Å²) in [6.07, 6.45) is 2.00. The van der Waals surface area contributed by atoms with E-state index in [4.69, 9.17) is 0 Å². The lowest BCUT2D eigenvalue weighted by atomic mass is 10.0. The van der Waals surface area contributed by atoms with E-state index < -0.39 is 0 Å². The Morgan fingerprint density at radius 2 is 2.32 bits per heavy atom. The van der Waals surface area contributed by atoms with Crippen LogP contribution in [0.25, 0.3) is 10.2 Å². The average molecular weight is 320 g/mol. The van der Waals surface area contributed by atoms with E-state index in [1.54, 1.807) is 0 Å². The number of piperidine rings is 1. The van der Waals surface area contributed by atoms with Gasteiger partial charge < -0.3 is 10.6 Å². The van der Waals surface area contributed by atoms with Crippen LogP contribution in [0.4, 0.5) is 0 Å². The minimum Gasteiger partial charge on any atom is -0.349 e. The Morgan fingerprint density at radius 3 is 3.00 bits per heavy atom. The molecule has 1 aliphatic heterocycles. The summed E-state index contributed by atoms with van der Waals surface area (Å²) < 4.78 is 1.89. The van der Waals surface area contributed by atoms with Gasteiger partial charge in [0, 0.05) is 24.5 Å². The number of hydrogen-bond donors (Lipinski definition) is 2. The van der Waals surface area contributed by atoms with Gasteiger partial charge in [-0.25, -0.2) is 0 Å². The number of hydrogen-bond acceptors (Lipinski definition) is 4. The van der Waals surface area contributed by atoms with E-state index in [-0.39, 0.29) is 11.9 Å². The third-order valence-electron chi connectivity index (χ3n) is 4.27. The molecule has 1 saturated heterocycles. The van der Waals surface area contributed by atoms with Gasteiger partial charge in [0.05, 0.1) is 10.6 Å². The Kier molecular flexibility index (Phi) is 4.23. The van der Waals surface area contributed by atoms with Crippen molar-refractivity contribution in [2.45, 2.75) is 51.6 Å². The van der Waals surface area contributed by atoms with Gasteiger partial charge in [0.1, 0.15) is 4.83 Å². The first-order chi connectivity index (χ1) is 10.5. The number of nitrogens with zero attached hydrogens (tertiary/aromatic N) is 2. The zero-order valence-electron chi connectivity index (χ0n) is 13.6. The van der Waals surface area contributed by atoms with Gasteiger partial charge in [0.15, 0.2) is 0 Å². The van der Waals surface area contributed by atoms with Gasteiger partial charge >= 0.3 is 0 Å². The highest BCUT2D eigenvalue weighted by Gasteiger charge is 2.23. The summed E-state index contributed by atoms with van der Waals surface area (Å²) >= 11 is 1.53. The smallest absolute Gasteiger partial charge is 0.261 e. The number of nitrogens with one attached hydrogen (secondary N) is 2. The maximum Gasteiger partial charge on any atom is 0.261 e. The Morgan fingerprint density at radius 1 is 1.55 bits per heavy atom. The molecule has 0 bridgehead atoms. The zero-order chi connectivity index (χ0) is 15.9. The van der Waals surface area contributed by atoms with Crippen molar-refractivity contribution in [2.75, 3.05) is 6.54 Å². The number of rotatable bonds is 3. The molecule has 1 aliphatic rings. The second kappa shape index (κ2) is 6.01. The second-order valence-electron chi connectivity index (χ2n) is 6.54. The minimum atomic E-state index is 0.0509. The number of fused-ring (bicyclic) bond motifs is 1. The number of carbonyl (C=O) groups is 1. The maximum atomic E-state index is 12.5. The molecular weight excluding hydrogens is 296 g/mol. The van der Waals surface area contributed by atoms with Crippen molar-refractivity contribution in [3.05, 3.63) is 16.6 Å². The molecule has 0 radical (unpaired) electrons. The molecule has 0 aliphatic carbocycles. The summed E-state index contributed by atoms with van der Waals surface area (Å²) in [6, 6.07) is 2.75. The quantitative estimate of drug-likeness (QED) is 0.914. The highest BCUT2D eigenvalue weighted by Crippen LogP contribution is 2.31. The fourth-order valence-corrected chi connectivity index (χ4v) is 4.11. The molecular formula is C16H24N4OS. The van der Waals surface area contributed by atoms with E-state index in [1.165, 1.54) is 11.3 Å². The second-order valence-corrected chi connectivity index (χ2v) is 7.57. The number of amides is 1. The van der Waals surface area contributed by atoms with Gasteiger partial charge in [0.2, 0.25) is 0 Å². The van der Waals surface area contributed by atoms with Gasteiger partial charge in [0.25, 0.3) is 5.91 Å². The SMILES string of the molecule is CC1CC(NC(=O)c2cc3c(C(C)C)nn(C)c3s2)CCN1. The van der Waals surface area contributed by atoms with Crippen LogP contribution in [0.5, 0.6) is 0 Å². The molecule has 2 aromatic heterocycles. The Bertz CT molecular complexity index is 688. The fraction of sp³-hybridized carbons (Fsp3) is 0.625. The molecule has 5 nitrogen and oxygen atoms in total. The molecule has 6 heteroatoms. The van der Waals surface area contributed by atoms with Crippen LogP contribution >= 0.6 is 11.3 Å². The van der Waals surface area contributed by atoms with Gasteiger partial charge in [-0.05, 0) is 38.3 Å². The molecule has 1 fully saturated rings. The van der Waals surface area contributed by atoms with Crippen molar-refractivity contribution in [3.63, 3.8) is 0 Å². The summed E-state index contributed by atoms with van der Waals surface area (Å²) in [6.45, 7) is 7.41. The van der Waals surface area contributed by atoms with Crippen LogP contribution in [0.3, 0.4) is 0 Å². The molecule has 3 rings (SSSR count). The van der Waals surface area contributed by atoms with Crippen molar-refractivity contribution in [2.24, 2.45) is 7.05 Å². The minimum absolute atomic E-state index is 0.0509. The topological polar surface area (TPSA) is 59.0 Å². The summed E-state index contributed by atoms with van der Waals surface area (Å²) in [5.74, 6) is 0.412. The predicted molar refractivity (Wildman–Crippen MR) is 90.6 cm³/mol. The van der Waals surface area contributed by atoms with Crippen molar-refractivity contribution >= 4 is 27.5 Å². The van der Waals surface area contributed by atoms with E-state index in [1.807, 2.05) is 17.8 Å². The van der Waals surface area contributed by atoms with Crippen LogP contribution in [-0.4, -0.2) is 34.3 Å². The first kappa shape index (κ1) is 15.5. The van der Waals surface area contributed by atoms with E-state index >= 15 is 0 Å². The fourth-order valence-electron chi connectivity index (χ4n) is 3.12. The van der Waals surface area contributed by atoms with Crippen LogP contribution in [0.2, 0.25) is 0 Å². The highest BCUT2D eigenvalue weighted by atomic mass is 32.1. The first-order valence-corrected chi connectivity index (χ1v) is 8.78. The van der Waals surface area contributed by atoms with E-state index in [9.17, 15) is 4.79 Å². The van der Waals surface area contributed by atoms with E-state index in [0.29, 0.717) is 12.0 Å². The molecule has 2 unspecified atom stereocenters. The van der Waals surface area contributed by atoms with Gasteiger partial charge in [-0.3, -0.25) is 9.48 Å². The lowest BCUT2D eigenvalue weighted by Crippen LogP contribution is -2.46. The maximum absolute atomic E-state index is 12.5. The average Bonchev–Trinajstić information content (AvgIpc) is 3.00. The molecule has 3 heterocycles. The van der Waals surface area contributed by atoms with Crippen molar-refractivity contribution in [1.82, 2.24) is 20.4 Å². The van der Waals surface area contributed by atoms with Crippen LogP contribution in [0.15, 0.2) is 6.07 Å². The van der Waals surface area contributed by atoms with Gasteiger partial charge in [-0.1, -0.05) is 13.8 Å². The highest BCUT2D eigenvalue weighted by molar-refractivity contribution is 7.20. The molecule has 0 aromatic carbocycles. The molecule has 0 saturated carbocycles. The van der Waals surface area contributed by atoms with Crippen molar-refractivity contribution in [1.29, 1.82) is 0 Å². The summed E-state index contributed by atoms with van der Waals surface area (Å²) in [5, 5.41) is 12.3. The van der Waals surface area contributed by atoms with E-state index in [0.717, 1.165) is 40.2 Å². The number of aryl methyl sites for hydroxylation is 1. The summed E-state index contributed by atoms with van der Waals surface area (Å²) in [4.78, 5) is 14.4. The lowest BCUT2D eigenvalue weighted by Gasteiger charge is -2.28. The monoisotopic (exact) mass is 320 g/mol. The summed E-state index contributed by atoms with van der Waals surface area (Å²) in [7, 11) is 1.95. The van der Waals surface area contributed by atoms with Crippen molar-refractivity contribution < 1.29 is 4.79 Å². The summed E-state index contributed by atoms with van der Waals surface area (Å²) in [5.41, 5.74) is 1.07.